The van der Waals surface area contributed by atoms with Crippen LogP contribution in [-0.2, 0) is 11.3 Å². The zero-order valence-corrected chi connectivity index (χ0v) is 17.4. The summed E-state index contributed by atoms with van der Waals surface area (Å²) in [6.07, 6.45) is 4.87. The molecule has 1 aliphatic rings. The van der Waals surface area contributed by atoms with Crippen molar-refractivity contribution < 1.29 is 9.22 Å². The average molecular weight is 374 g/mol. The van der Waals surface area contributed by atoms with Gasteiger partial charge in [0.15, 0.2) is 0 Å². The summed E-state index contributed by atoms with van der Waals surface area (Å²) in [5, 5.41) is 1.16. The predicted molar refractivity (Wildman–Crippen MR) is 114 cm³/mol. The van der Waals surface area contributed by atoms with Crippen molar-refractivity contribution in [2.75, 3.05) is 58.7 Å². The fraction of sp³-hybridized carbons (Fsp3) is 0.636. The van der Waals surface area contributed by atoms with E-state index in [1.54, 1.807) is 0 Å². The third-order valence-corrected chi connectivity index (χ3v) is 6.46. The van der Waals surface area contributed by atoms with Gasteiger partial charge in [-0.1, -0.05) is 6.07 Å². The minimum atomic E-state index is 0.390. The van der Waals surface area contributed by atoms with Gasteiger partial charge in [-0.3, -0.25) is 4.90 Å². The number of anilines is 1. The van der Waals surface area contributed by atoms with Crippen molar-refractivity contribution in [3.8, 4) is 0 Å². The van der Waals surface area contributed by atoms with Gasteiger partial charge in [0, 0.05) is 49.9 Å². The van der Waals surface area contributed by atoms with E-state index in [4.69, 9.17) is 10.5 Å². The topological polar surface area (TPSA) is 43.4 Å². The molecule has 0 radical (unpaired) electrons. The van der Waals surface area contributed by atoms with Crippen LogP contribution in [0.2, 0.25) is 0 Å². The molecule has 5 nitrogen and oxygen atoms in total. The van der Waals surface area contributed by atoms with Gasteiger partial charge in [-0.15, -0.1) is 0 Å². The van der Waals surface area contributed by atoms with E-state index in [-0.39, 0.29) is 0 Å². The molecule has 1 unspecified atom stereocenters. The number of quaternary nitrogens is 1. The van der Waals surface area contributed by atoms with E-state index >= 15 is 0 Å². The molecule has 1 aliphatic heterocycles. The summed E-state index contributed by atoms with van der Waals surface area (Å²) in [7, 11) is 2.36. The normalized spacial score (nSPS) is 19.0. The number of morpholine rings is 1. The Kier molecular flexibility index (Phi) is 6.79. The third-order valence-electron chi connectivity index (χ3n) is 6.46. The summed E-state index contributed by atoms with van der Waals surface area (Å²) in [4.78, 5) is 2.58. The van der Waals surface area contributed by atoms with Gasteiger partial charge in [0.05, 0.1) is 44.9 Å². The smallest absolute Gasteiger partial charge is 0.0810 e. The first-order valence-electron chi connectivity index (χ1n) is 10.6. The van der Waals surface area contributed by atoms with Gasteiger partial charge in [0.2, 0.25) is 0 Å². The molecule has 1 aromatic carbocycles. The summed E-state index contributed by atoms with van der Waals surface area (Å²) < 4.78 is 9.52. The Bertz CT molecular complexity index is 722. The molecule has 1 atom stereocenters. The fourth-order valence-corrected chi connectivity index (χ4v) is 4.06. The maximum atomic E-state index is 6.07. The lowest BCUT2D eigenvalue weighted by Crippen LogP contribution is -2.48. The second-order valence-electron chi connectivity index (χ2n) is 8.20. The van der Waals surface area contributed by atoms with Crippen LogP contribution in [-0.4, -0.2) is 73.0 Å². The van der Waals surface area contributed by atoms with Crippen molar-refractivity contribution in [3.05, 3.63) is 30.5 Å². The molecule has 0 amide bonds. The molecule has 0 spiro atoms. The number of aryl methyl sites for hydroxylation is 1. The number of rotatable bonds is 9. The molecule has 0 aliphatic carbocycles. The Morgan fingerprint density at radius 3 is 2.78 bits per heavy atom. The highest BCUT2D eigenvalue weighted by atomic mass is 16.5. The Morgan fingerprint density at radius 1 is 1.19 bits per heavy atom. The van der Waals surface area contributed by atoms with Crippen molar-refractivity contribution in [2.45, 2.75) is 39.3 Å². The molecular formula is C22H37N4O+. The lowest BCUT2D eigenvalue weighted by atomic mass is 10.1. The van der Waals surface area contributed by atoms with Crippen LogP contribution in [0.1, 0.15) is 26.7 Å². The van der Waals surface area contributed by atoms with E-state index in [2.05, 4.69) is 48.7 Å². The highest BCUT2D eigenvalue weighted by Gasteiger charge is 2.24. The minimum absolute atomic E-state index is 0.390. The number of aromatic nitrogens is 1. The van der Waals surface area contributed by atoms with E-state index in [0.29, 0.717) is 6.10 Å². The van der Waals surface area contributed by atoms with Gasteiger partial charge in [0.25, 0.3) is 0 Å². The quantitative estimate of drug-likeness (QED) is 0.542. The Labute approximate surface area is 164 Å². The van der Waals surface area contributed by atoms with Gasteiger partial charge in [0.1, 0.15) is 0 Å². The molecule has 2 heterocycles. The minimum Gasteiger partial charge on any atom is -0.398 e. The second kappa shape index (κ2) is 9.09. The highest BCUT2D eigenvalue weighted by Crippen LogP contribution is 2.22. The number of ether oxygens (including phenoxy) is 1. The second-order valence-corrected chi connectivity index (χ2v) is 8.20. The first kappa shape index (κ1) is 20.2. The molecule has 0 saturated carbocycles. The molecule has 1 aromatic heterocycles. The highest BCUT2D eigenvalue weighted by molar-refractivity contribution is 5.91. The molecule has 1 fully saturated rings. The van der Waals surface area contributed by atoms with Crippen LogP contribution < -0.4 is 5.73 Å². The number of hydrogen-bond donors (Lipinski definition) is 1. The third kappa shape index (κ3) is 5.03. The van der Waals surface area contributed by atoms with Crippen molar-refractivity contribution in [1.29, 1.82) is 0 Å². The van der Waals surface area contributed by atoms with Gasteiger partial charge in [-0.2, -0.15) is 0 Å². The Hall–Kier alpha value is -1.56. The van der Waals surface area contributed by atoms with Crippen LogP contribution in [0.15, 0.2) is 30.5 Å². The van der Waals surface area contributed by atoms with E-state index in [0.717, 1.165) is 61.2 Å². The molecule has 2 aromatic rings. The van der Waals surface area contributed by atoms with Gasteiger partial charge >= 0.3 is 0 Å². The predicted octanol–water partition coefficient (Wildman–Crippen LogP) is 3.19. The van der Waals surface area contributed by atoms with Crippen molar-refractivity contribution in [2.24, 2.45) is 0 Å². The van der Waals surface area contributed by atoms with Crippen molar-refractivity contribution >= 4 is 16.6 Å². The molecule has 1 saturated heterocycles. The number of nitrogens with zero attached hydrogens (tertiary/aromatic N) is 3. The van der Waals surface area contributed by atoms with Crippen LogP contribution in [0.5, 0.6) is 0 Å². The molecule has 5 heteroatoms. The van der Waals surface area contributed by atoms with Crippen molar-refractivity contribution in [3.63, 3.8) is 0 Å². The molecule has 3 rings (SSSR count). The van der Waals surface area contributed by atoms with Crippen LogP contribution in [0, 0.1) is 0 Å². The van der Waals surface area contributed by atoms with E-state index in [9.17, 15) is 0 Å². The van der Waals surface area contributed by atoms with Gasteiger partial charge in [-0.25, -0.2) is 0 Å². The standard InChI is InChI=1S/C22H37N4O/c1-4-26(3,5-2)16-11-19-18-24(15-17-27-19)12-7-13-25-14-10-20-21(23)8-6-9-22(20)25/h6,8-10,14,19H,4-5,7,11-13,15-18,23H2,1-3H3/q+1. The van der Waals surface area contributed by atoms with Crippen LogP contribution in [0.4, 0.5) is 5.69 Å². The number of nitrogen functional groups attached to an aromatic ring is 1. The van der Waals surface area contributed by atoms with Gasteiger partial charge in [-0.05, 0) is 38.5 Å². The van der Waals surface area contributed by atoms with Gasteiger partial charge < -0.3 is 19.5 Å². The molecule has 0 bridgehead atoms. The summed E-state index contributed by atoms with van der Waals surface area (Å²) >= 11 is 0. The summed E-state index contributed by atoms with van der Waals surface area (Å²) in [5.41, 5.74) is 8.18. The first-order chi connectivity index (χ1) is 13.0. The average Bonchev–Trinajstić information content (AvgIpc) is 3.11. The summed E-state index contributed by atoms with van der Waals surface area (Å²) in [5.74, 6) is 0. The number of nitrogens with two attached hydrogens (primary N) is 1. The number of hydrogen-bond acceptors (Lipinski definition) is 3. The monoisotopic (exact) mass is 373 g/mol. The summed E-state index contributed by atoms with van der Waals surface area (Å²) in [6.45, 7) is 13.4. The lowest BCUT2D eigenvalue weighted by Gasteiger charge is -2.37. The lowest BCUT2D eigenvalue weighted by molar-refractivity contribution is -0.906. The molecule has 2 N–H and O–H groups in total. The largest absolute Gasteiger partial charge is 0.398 e. The van der Waals surface area contributed by atoms with Crippen molar-refractivity contribution in [1.82, 2.24) is 9.47 Å². The van der Waals surface area contributed by atoms with E-state index in [1.807, 2.05) is 12.1 Å². The number of fused-ring (bicyclic) bond motifs is 1. The zero-order chi connectivity index (χ0) is 19.3. The summed E-state index contributed by atoms with van der Waals surface area (Å²) in [6, 6.07) is 8.31. The van der Waals surface area contributed by atoms with E-state index < -0.39 is 0 Å². The molecular weight excluding hydrogens is 336 g/mol. The number of benzene rings is 1. The zero-order valence-electron chi connectivity index (χ0n) is 17.4. The maximum Gasteiger partial charge on any atom is 0.0810 e. The Morgan fingerprint density at radius 2 is 2.00 bits per heavy atom. The molecule has 27 heavy (non-hydrogen) atoms. The van der Waals surface area contributed by atoms with E-state index in [1.165, 1.54) is 25.2 Å². The molecule has 150 valence electrons. The first-order valence-corrected chi connectivity index (χ1v) is 10.6. The van der Waals surface area contributed by atoms with Crippen LogP contribution in [0.3, 0.4) is 0 Å². The fourth-order valence-electron chi connectivity index (χ4n) is 4.06. The van der Waals surface area contributed by atoms with Crippen LogP contribution >= 0.6 is 0 Å². The maximum absolute atomic E-state index is 6.07. The van der Waals surface area contributed by atoms with Crippen LogP contribution in [0.25, 0.3) is 10.9 Å². The SMILES string of the molecule is CC[N+](C)(CC)CCC1CN(CCCn2ccc3c(N)cccc32)CCO1. The Balaban J connectivity index is 1.46.